The lowest BCUT2D eigenvalue weighted by Crippen LogP contribution is -2.31. The minimum atomic E-state index is -0.326. The lowest BCUT2D eigenvalue weighted by atomic mass is 10.1. The SMILES string of the molecule is CCOc1ccc([C@H]2N=C(N)Nc3nc4ccccc4n32)cc1OC. The summed E-state index contributed by atoms with van der Waals surface area (Å²) in [4.78, 5) is 9.18. The van der Waals surface area contributed by atoms with Crippen molar-refractivity contribution in [2.75, 3.05) is 19.0 Å². The fourth-order valence-corrected chi connectivity index (χ4v) is 3.06. The first-order valence-electron chi connectivity index (χ1n) is 8.09. The van der Waals surface area contributed by atoms with E-state index in [9.17, 15) is 0 Å². The molecule has 1 atom stereocenters. The van der Waals surface area contributed by atoms with Gasteiger partial charge < -0.3 is 15.2 Å². The second-order valence-corrected chi connectivity index (χ2v) is 5.65. The number of rotatable bonds is 4. The number of ether oxygens (including phenoxy) is 2. The zero-order valence-corrected chi connectivity index (χ0v) is 14.1. The molecule has 2 heterocycles. The predicted octanol–water partition coefficient (Wildman–Crippen LogP) is 2.73. The van der Waals surface area contributed by atoms with Crippen LogP contribution in [0.15, 0.2) is 47.5 Å². The number of imidazole rings is 1. The van der Waals surface area contributed by atoms with Gasteiger partial charge in [-0.25, -0.2) is 9.98 Å². The Labute approximate surface area is 145 Å². The van der Waals surface area contributed by atoms with Crippen LogP contribution < -0.4 is 20.5 Å². The molecule has 0 aliphatic carbocycles. The van der Waals surface area contributed by atoms with E-state index < -0.39 is 0 Å². The summed E-state index contributed by atoms with van der Waals surface area (Å²) >= 11 is 0. The Morgan fingerprint density at radius 1 is 1.20 bits per heavy atom. The standard InChI is InChI=1S/C18H19N5O2/c1-3-25-14-9-8-11(10-15(14)24-2)16-21-17(19)22-18-20-12-6-4-5-7-13(12)23(16)18/h4-10,16H,3H2,1-2H3,(H3,19,20,21,22)/t16-/m0/s1. The van der Waals surface area contributed by atoms with Crippen LogP contribution in [0.5, 0.6) is 11.5 Å². The Morgan fingerprint density at radius 2 is 2.04 bits per heavy atom. The first kappa shape index (κ1) is 15.3. The third-order valence-corrected chi connectivity index (χ3v) is 4.13. The van der Waals surface area contributed by atoms with Gasteiger partial charge in [-0.05, 0) is 31.2 Å². The number of nitrogens with zero attached hydrogens (tertiary/aromatic N) is 3. The van der Waals surface area contributed by atoms with Crippen molar-refractivity contribution in [1.82, 2.24) is 9.55 Å². The second-order valence-electron chi connectivity index (χ2n) is 5.65. The summed E-state index contributed by atoms with van der Waals surface area (Å²) in [6.07, 6.45) is -0.326. The average Bonchev–Trinajstić information content (AvgIpc) is 2.99. The summed E-state index contributed by atoms with van der Waals surface area (Å²) in [6, 6.07) is 13.7. The number of hydrogen-bond acceptors (Lipinski definition) is 6. The van der Waals surface area contributed by atoms with Gasteiger partial charge in [0.2, 0.25) is 5.95 Å². The molecule has 0 radical (unpaired) electrons. The van der Waals surface area contributed by atoms with Gasteiger partial charge in [-0.15, -0.1) is 0 Å². The lowest BCUT2D eigenvalue weighted by Gasteiger charge is -2.24. The molecule has 0 spiro atoms. The van der Waals surface area contributed by atoms with Crippen LogP contribution >= 0.6 is 0 Å². The van der Waals surface area contributed by atoms with Crippen molar-refractivity contribution >= 4 is 22.9 Å². The van der Waals surface area contributed by atoms with Crippen molar-refractivity contribution in [3.05, 3.63) is 48.0 Å². The van der Waals surface area contributed by atoms with E-state index in [1.54, 1.807) is 7.11 Å². The van der Waals surface area contributed by atoms with Crippen LogP contribution in [0.2, 0.25) is 0 Å². The molecule has 7 nitrogen and oxygen atoms in total. The van der Waals surface area contributed by atoms with Crippen molar-refractivity contribution in [3.8, 4) is 11.5 Å². The minimum absolute atomic E-state index is 0.326. The minimum Gasteiger partial charge on any atom is -0.493 e. The average molecular weight is 337 g/mol. The highest BCUT2D eigenvalue weighted by Crippen LogP contribution is 2.36. The van der Waals surface area contributed by atoms with Gasteiger partial charge in [0.25, 0.3) is 0 Å². The van der Waals surface area contributed by atoms with Crippen LogP contribution in [0.25, 0.3) is 11.0 Å². The maximum absolute atomic E-state index is 5.98. The summed E-state index contributed by atoms with van der Waals surface area (Å²) < 4.78 is 13.1. The van der Waals surface area contributed by atoms with Crippen LogP contribution in [-0.4, -0.2) is 29.2 Å². The molecule has 0 amide bonds. The molecule has 0 saturated carbocycles. The fourth-order valence-electron chi connectivity index (χ4n) is 3.06. The van der Waals surface area contributed by atoms with E-state index in [1.165, 1.54) is 0 Å². The number of benzene rings is 2. The largest absolute Gasteiger partial charge is 0.493 e. The Hall–Kier alpha value is -3.22. The number of para-hydroxylation sites is 2. The smallest absolute Gasteiger partial charge is 0.212 e. The Balaban J connectivity index is 1.86. The van der Waals surface area contributed by atoms with E-state index in [0.717, 1.165) is 16.6 Å². The third-order valence-electron chi connectivity index (χ3n) is 4.13. The Kier molecular flexibility index (Phi) is 3.68. The molecule has 1 aliphatic heterocycles. The van der Waals surface area contributed by atoms with Crippen molar-refractivity contribution in [2.45, 2.75) is 13.1 Å². The van der Waals surface area contributed by atoms with E-state index in [-0.39, 0.29) is 6.17 Å². The van der Waals surface area contributed by atoms with Gasteiger partial charge in [0.05, 0.1) is 24.8 Å². The molecule has 4 rings (SSSR count). The van der Waals surface area contributed by atoms with E-state index in [0.29, 0.717) is 30.0 Å². The molecule has 0 unspecified atom stereocenters. The number of anilines is 1. The van der Waals surface area contributed by atoms with Gasteiger partial charge in [0.1, 0.15) is 0 Å². The molecular weight excluding hydrogens is 318 g/mol. The van der Waals surface area contributed by atoms with E-state index in [4.69, 9.17) is 15.2 Å². The molecule has 25 heavy (non-hydrogen) atoms. The Bertz CT molecular complexity index is 963. The highest BCUT2D eigenvalue weighted by atomic mass is 16.5. The zero-order chi connectivity index (χ0) is 17.4. The van der Waals surface area contributed by atoms with Crippen LogP contribution in [0.1, 0.15) is 18.7 Å². The summed E-state index contributed by atoms with van der Waals surface area (Å²) in [5.41, 5.74) is 8.79. The van der Waals surface area contributed by atoms with Crippen molar-refractivity contribution in [1.29, 1.82) is 0 Å². The number of hydrogen-bond donors (Lipinski definition) is 2. The quantitative estimate of drug-likeness (QED) is 0.764. The number of aromatic nitrogens is 2. The number of nitrogens with one attached hydrogen (secondary N) is 1. The number of methoxy groups -OCH3 is 1. The highest BCUT2D eigenvalue weighted by molar-refractivity contribution is 5.94. The molecule has 3 aromatic rings. The van der Waals surface area contributed by atoms with Crippen molar-refractivity contribution in [3.63, 3.8) is 0 Å². The van der Waals surface area contributed by atoms with Crippen LogP contribution in [0, 0.1) is 0 Å². The number of fused-ring (bicyclic) bond motifs is 3. The molecule has 1 aliphatic rings. The lowest BCUT2D eigenvalue weighted by molar-refractivity contribution is 0.310. The summed E-state index contributed by atoms with van der Waals surface area (Å²) in [7, 11) is 1.62. The first-order valence-corrected chi connectivity index (χ1v) is 8.09. The number of aliphatic imine (C=N–C) groups is 1. The number of nitrogens with two attached hydrogens (primary N) is 1. The molecule has 3 N–H and O–H groups in total. The molecule has 0 saturated heterocycles. The summed E-state index contributed by atoms with van der Waals surface area (Å²) in [5.74, 6) is 2.38. The van der Waals surface area contributed by atoms with Gasteiger partial charge >= 0.3 is 0 Å². The van der Waals surface area contributed by atoms with Gasteiger partial charge in [0, 0.05) is 5.56 Å². The third kappa shape index (κ3) is 2.53. The summed E-state index contributed by atoms with van der Waals surface area (Å²) in [6.45, 7) is 2.51. The van der Waals surface area contributed by atoms with E-state index in [1.807, 2.05) is 54.0 Å². The van der Waals surface area contributed by atoms with Crippen molar-refractivity contribution in [2.24, 2.45) is 10.7 Å². The van der Waals surface area contributed by atoms with Gasteiger partial charge in [-0.1, -0.05) is 18.2 Å². The number of guanidine groups is 1. The van der Waals surface area contributed by atoms with Crippen molar-refractivity contribution < 1.29 is 9.47 Å². The van der Waals surface area contributed by atoms with Gasteiger partial charge in [0.15, 0.2) is 23.6 Å². The maximum atomic E-state index is 5.98. The Morgan fingerprint density at radius 3 is 2.84 bits per heavy atom. The topological polar surface area (TPSA) is 86.7 Å². The van der Waals surface area contributed by atoms with Crippen LogP contribution in [0.3, 0.4) is 0 Å². The molecule has 2 aromatic carbocycles. The monoisotopic (exact) mass is 337 g/mol. The molecular formula is C18H19N5O2. The zero-order valence-electron chi connectivity index (χ0n) is 14.1. The summed E-state index contributed by atoms with van der Waals surface area (Å²) in [5, 5.41) is 3.03. The molecule has 7 heteroatoms. The van der Waals surface area contributed by atoms with E-state index in [2.05, 4.69) is 15.3 Å². The highest BCUT2D eigenvalue weighted by Gasteiger charge is 2.25. The molecule has 1 aromatic heterocycles. The fraction of sp³-hybridized carbons (Fsp3) is 0.222. The second kappa shape index (κ2) is 6.01. The first-order chi connectivity index (χ1) is 12.2. The maximum Gasteiger partial charge on any atom is 0.212 e. The predicted molar refractivity (Wildman–Crippen MR) is 97.3 cm³/mol. The van der Waals surface area contributed by atoms with E-state index >= 15 is 0 Å². The molecule has 0 fully saturated rings. The normalized spacial score (nSPS) is 16.1. The molecule has 0 bridgehead atoms. The molecule has 128 valence electrons. The van der Waals surface area contributed by atoms with Crippen LogP contribution in [0.4, 0.5) is 5.95 Å². The van der Waals surface area contributed by atoms with Crippen LogP contribution in [-0.2, 0) is 0 Å². The van der Waals surface area contributed by atoms with Gasteiger partial charge in [-0.2, -0.15) is 0 Å². The van der Waals surface area contributed by atoms with Gasteiger partial charge in [-0.3, -0.25) is 9.88 Å².